The van der Waals surface area contributed by atoms with Gasteiger partial charge in [-0.1, -0.05) is 24.6 Å². The number of ether oxygens (including phenoxy) is 3. The summed E-state index contributed by atoms with van der Waals surface area (Å²) in [5.41, 5.74) is 0.678. The molecule has 2 fully saturated rings. The van der Waals surface area contributed by atoms with Gasteiger partial charge in [-0.05, 0) is 36.6 Å². The molecule has 1 aliphatic carbocycles. The second kappa shape index (κ2) is 7.48. The number of para-hydroxylation sites is 1. The summed E-state index contributed by atoms with van der Waals surface area (Å²) in [7, 11) is 3.10. The van der Waals surface area contributed by atoms with Crippen LogP contribution in [0.25, 0.3) is 0 Å². The minimum Gasteiger partial charge on any atom is -0.497 e. The van der Waals surface area contributed by atoms with Gasteiger partial charge >= 0.3 is 0 Å². The normalized spacial score (nSPS) is 28.3. The summed E-state index contributed by atoms with van der Waals surface area (Å²) in [6.07, 6.45) is 3.71. The Bertz CT molecular complexity index is 1040. The van der Waals surface area contributed by atoms with Crippen LogP contribution in [-0.2, 0) is 9.59 Å². The molecule has 2 N–H and O–H groups in total. The van der Waals surface area contributed by atoms with Gasteiger partial charge in [0.15, 0.2) is 5.72 Å². The van der Waals surface area contributed by atoms with Gasteiger partial charge in [-0.2, -0.15) is 0 Å². The summed E-state index contributed by atoms with van der Waals surface area (Å²) in [6.45, 7) is 0. The average molecular weight is 422 g/mol. The van der Waals surface area contributed by atoms with Crippen molar-refractivity contribution in [3.8, 4) is 17.2 Å². The zero-order chi connectivity index (χ0) is 21.6. The summed E-state index contributed by atoms with van der Waals surface area (Å²) in [4.78, 5) is 26.8. The standard InChI is InChI=1S/C24H26N2O5/c1-29-14-10-11-19(30-2)17(13-14)25-22(27)21-20-15-7-3-4-9-18(15)31-24(26-23(21)28)12-6-5-8-16(20)24/h3-4,7,9-11,13,16,20-21H,5-6,8,12H2,1-2H3,(H,25,27)(H,26,28). The van der Waals surface area contributed by atoms with E-state index < -0.39 is 11.6 Å². The molecule has 2 amide bonds. The number of hydrogen-bond donors (Lipinski definition) is 2. The fourth-order valence-corrected chi connectivity index (χ4v) is 5.47. The first kappa shape index (κ1) is 19.7. The largest absolute Gasteiger partial charge is 0.497 e. The predicted octanol–water partition coefficient (Wildman–Crippen LogP) is 3.45. The first-order valence-electron chi connectivity index (χ1n) is 10.7. The second-order valence-corrected chi connectivity index (χ2v) is 8.43. The molecule has 2 heterocycles. The highest BCUT2D eigenvalue weighted by molar-refractivity contribution is 6.08. The van der Waals surface area contributed by atoms with E-state index in [2.05, 4.69) is 10.6 Å². The van der Waals surface area contributed by atoms with Gasteiger partial charge in [0.05, 0.1) is 19.9 Å². The molecule has 0 aromatic heterocycles. The number of amides is 2. The van der Waals surface area contributed by atoms with Crippen LogP contribution >= 0.6 is 0 Å². The maximum Gasteiger partial charge on any atom is 0.237 e. The average Bonchev–Trinajstić information content (AvgIpc) is 2.78. The number of piperidine rings is 1. The quantitative estimate of drug-likeness (QED) is 0.737. The van der Waals surface area contributed by atoms with Crippen molar-refractivity contribution in [2.45, 2.75) is 37.3 Å². The molecule has 7 nitrogen and oxygen atoms in total. The molecule has 2 aromatic carbocycles. The van der Waals surface area contributed by atoms with Gasteiger partial charge in [0.1, 0.15) is 23.2 Å². The van der Waals surface area contributed by atoms with Crippen molar-refractivity contribution in [1.29, 1.82) is 0 Å². The van der Waals surface area contributed by atoms with E-state index in [1.807, 2.05) is 24.3 Å². The zero-order valence-electron chi connectivity index (χ0n) is 17.6. The molecule has 2 bridgehead atoms. The number of anilines is 1. The lowest BCUT2D eigenvalue weighted by Crippen LogP contribution is -2.69. The molecule has 162 valence electrons. The molecule has 3 aliphatic rings. The van der Waals surface area contributed by atoms with E-state index in [-0.39, 0.29) is 23.7 Å². The number of carbonyl (C=O) groups is 2. The molecule has 1 saturated heterocycles. The Hall–Kier alpha value is -3.22. The van der Waals surface area contributed by atoms with Crippen molar-refractivity contribution >= 4 is 17.5 Å². The lowest BCUT2D eigenvalue weighted by molar-refractivity contribution is -0.160. The minimum absolute atomic E-state index is 0.0526. The molecule has 4 unspecified atom stereocenters. The number of hydrogen-bond acceptors (Lipinski definition) is 5. The van der Waals surface area contributed by atoms with Crippen LogP contribution in [0, 0.1) is 11.8 Å². The summed E-state index contributed by atoms with van der Waals surface area (Å²) in [5, 5.41) is 6.01. The summed E-state index contributed by atoms with van der Waals surface area (Å²) in [6, 6.07) is 12.9. The Balaban J connectivity index is 1.54. The molecule has 31 heavy (non-hydrogen) atoms. The predicted molar refractivity (Wildman–Crippen MR) is 114 cm³/mol. The first-order valence-corrected chi connectivity index (χ1v) is 10.7. The Morgan fingerprint density at radius 3 is 2.81 bits per heavy atom. The van der Waals surface area contributed by atoms with E-state index in [0.29, 0.717) is 17.2 Å². The third-order valence-electron chi connectivity index (χ3n) is 6.84. The van der Waals surface area contributed by atoms with E-state index >= 15 is 0 Å². The molecule has 2 aromatic rings. The van der Waals surface area contributed by atoms with Crippen molar-refractivity contribution in [2.75, 3.05) is 19.5 Å². The highest BCUT2D eigenvalue weighted by atomic mass is 16.5. The van der Waals surface area contributed by atoms with E-state index in [1.165, 1.54) is 7.11 Å². The number of fused-ring (bicyclic) bond motifs is 2. The fourth-order valence-electron chi connectivity index (χ4n) is 5.47. The number of benzene rings is 2. The number of nitrogens with one attached hydrogen (secondary N) is 2. The fraction of sp³-hybridized carbons (Fsp3) is 0.417. The summed E-state index contributed by atoms with van der Waals surface area (Å²) >= 11 is 0. The Labute approximate surface area is 181 Å². The minimum atomic E-state index is -0.864. The monoisotopic (exact) mass is 422 g/mol. The van der Waals surface area contributed by atoms with E-state index in [0.717, 1.165) is 37.0 Å². The van der Waals surface area contributed by atoms with Gasteiger partial charge in [-0.15, -0.1) is 0 Å². The maximum absolute atomic E-state index is 13.5. The smallest absolute Gasteiger partial charge is 0.237 e. The second-order valence-electron chi connectivity index (χ2n) is 8.43. The molecule has 1 saturated carbocycles. The van der Waals surface area contributed by atoms with Gasteiger partial charge in [-0.3, -0.25) is 9.59 Å². The molecular formula is C24H26N2O5. The van der Waals surface area contributed by atoms with Crippen LogP contribution in [0.4, 0.5) is 5.69 Å². The Kier molecular flexibility index (Phi) is 4.76. The highest BCUT2D eigenvalue weighted by Gasteiger charge is 2.60. The summed E-state index contributed by atoms with van der Waals surface area (Å²) in [5.74, 6) is 0.144. The van der Waals surface area contributed by atoms with Gasteiger partial charge < -0.3 is 24.8 Å². The SMILES string of the molecule is COc1ccc(OC)c(NC(=O)C2C(=O)NC34CCCCC3C2c2ccccc2O4)c1. The third kappa shape index (κ3) is 3.10. The van der Waals surface area contributed by atoms with Gasteiger partial charge in [0.2, 0.25) is 11.8 Å². The van der Waals surface area contributed by atoms with Crippen molar-refractivity contribution in [3.05, 3.63) is 48.0 Å². The molecule has 0 spiro atoms. The molecular weight excluding hydrogens is 396 g/mol. The molecule has 0 radical (unpaired) electrons. The maximum atomic E-state index is 13.5. The number of rotatable bonds is 4. The van der Waals surface area contributed by atoms with Gasteiger partial charge in [0.25, 0.3) is 0 Å². The molecule has 4 atom stereocenters. The molecule has 5 rings (SSSR count). The van der Waals surface area contributed by atoms with Crippen LogP contribution in [0.1, 0.15) is 37.2 Å². The summed E-state index contributed by atoms with van der Waals surface area (Å²) < 4.78 is 17.1. The number of carbonyl (C=O) groups excluding carboxylic acids is 2. The zero-order valence-corrected chi connectivity index (χ0v) is 17.6. The van der Waals surface area contributed by atoms with Crippen molar-refractivity contribution in [3.63, 3.8) is 0 Å². The van der Waals surface area contributed by atoms with Gasteiger partial charge in [-0.25, -0.2) is 0 Å². The van der Waals surface area contributed by atoms with E-state index in [1.54, 1.807) is 25.3 Å². The molecule has 7 heteroatoms. The lowest BCUT2D eigenvalue weighted by atomic mass is 9.62. The van der Waals surface area contributed by atoms with Crippen LogP contribution in [-0.4, -0.2) is 31.8 Å². The number of methoxy groups -OCH3 is 2. The van der Waals surface area contributed by atoms with Crippen molar-refractivity contribution in [1.82, 2.24) is 5.32 Å². The molecule has 2 aliphatic heterocycles. The van der Waals surface area contributed by atoms with Gasteiger partial charge in [0, 0.05) is 24.3 Å². The highest BCUT2D eigenvalue weighted by Crippen LogP contribution is 2.55. The van der Waals surface area contributed by atoms with Crippen LogP contribution in [0.2, 0.25) is 0 Å². The van der Waals surface area contributed by atoms with Crippen molar-refractivity contribution in [2.24, 2.45) is 11.8 Å². The van der Waals surface area contributed by atoms with Crippen LogP contribution < -0.4 is 24.8 Å². The topological polar surface area (TPSA) is 85.9 Å². The lowest BCUT2D eigenvalue weighted by Gasteiger charge is -2.55. The van der Waals surface area contributed by atoms with E-state index in [9.17, 15) is 9.59 Å². The van der Waals surface area contributed by atoms with Crippen LogP contribution in [0.15, 0.2) is 42.5 Å². The van der Waals surface area contributed by atoms with Crippen LogP contribution in [0.5, 0.6) is 17.2 Å². The first-order chi connectivity index (χ1) is 15.1. The Morgan fingerprint density at radius 1 is 1.16 bits per heavy atom. The van der Waals surface area contributed by atoms with Crippen molar-refractivity contribution < 1.29 is 23.8 Å². The van der Waals surface area contributed by atoms with Crippen LogP contribution in [0.3, 0.4) is 0 Å². The Morgan fingerprint density at radius 2 is 2.00 bits per heavy atom. The third-order valence-corrected chi connectivity index (χ3v) is 6.84. The van der Waals surface area contributed by atoms with E-state index in [4.69, 9.17) is 14.2 Å².